The smallest absolute Gasteiger partial charge is 0.245 e. The zero-order valence-corrected chi connectivity index (χ0v) is 44.0. The van der Waals surface area contributed by atoms with Gasteiger partial charge in [-0.15, -0.1) is 11.3 Å². The summed E-state index contributed by atoms with van der Waals surface area (Å²) in [6, 6.07) is 20.1. The molecule has 1 saturated heterocycles. The predicted molar refractivity (Wildman–Crippen MR) is 292 cm³/mol. The molecule has 4 aromatic rings. The molecule has 0 spiro atoms. The summed E-state index contributed by atoms with van der Waals surface area (Å²) in [6.45, 7) is 1.87. The number of amides is 8. The molecule has 0 radical (unpaired) electrons. The van der Waals surface area contributed by atoms with E-state index in [1.807, 2.05) is 66.7 Å². The molecule has 20 nitrogen and oxygen atoms in total. The van der Waals surface area contributed by atoms with Crippen LogP contribution in [0.1, 0.15) is 93.6 Å². The van der Waals surface area contributed by atoms with E-state index in [2.05, 4.69) is 36.9 Å². The highest BCUT2D eigenvalue weighted by molar-refractivity contribution is 7.19. The number of aliphatic imine (C=N–C) groups is 1. The highest BCUT2D eigenvalue weighted by Crippen LogP contribution is 2.29. The minimum atomic E-state index is -1.19. The topological polar surface area (TPSA) is 328 Å². The molecule has 8 amide bonds. The lowest BCUT2D eigenvalue weighted by molar-refractivity contribution is -0.151. The van der Waals surface area contributed by atoms with Crippen molar-refractivity contribution in [1.82, 2.24) is 36.8 Å². The number of carbonyl (C=O) groups is 8. The number of nitrogens with one attached hydrogen (secondary N) is 6. The second-order valence-electron chi connectivity index (χ2n) is 19.8. The maximum absolute atomic E-state index is 14.7. The van der Waals surface area contributed by atoms with Crippen molar-refractivity contribution in [1.29, 1.82) is 0 Å². The van der Waals surface area contributed by atoms with E-state index >= 15 is 0 Å². The third-order valence-electron chi connectivity index (χ3n) is 13.9. The van der Waals surface area contributed by atoms with Gasteiger partial charge in [-0.3, -0.25) is 43.3 Å². The second-order valence-corrected chi connectivity index (χ2v) is 20.9. The normalized spacial score (nSPS) is 16.8. The zero-order chi connectivity index (χ0) is 54.6. The average Bonchev–Trinajstić information content (AvgIpc) is 3.81. The summed E-state index contributed by atoms with van der Waals surface area (Å²) < 4.78 is 0.994. The molecule has 76 heavy (non-hydrogen) atoms. The number of hydrogen-bond donors (Lipinski definition) is 10. The van der Waals surface area contributed by atoms with Gasteiger partial charge < -0.3 is 59.7 Å². The number of rotatable bonds is 28. The van der Waals surface area contributed by atoms with Crippen LogP contribution in [0.15, 0.2) is 96.0 Å². The van der Waals surface area contributed by atoms with Gasteiger partial charge in [0.1, 0.15) is 42.3 Å². The van der Waals surface area contributed by atoms with Crippen LogP contribution in [0, 0.1) is 5.92 Å². The van der Waals surface area contributed by atoms with E-state index in [4.69, 9.17) is 22.9 Å². The van der Waals surface area contributed by atoms with E-state index in [9.17, 15) is 38.4 Å². The summed E-state index contributed by atoms with van der Waals surface area (Å²) in [6.07, 6.45) is 6.48. The van der Waals surface area contributed by atoms with E-state index in [1.54, 1.807) is 24.3 Å². The van der Waals surface area contributed by atoms with Crippen LogP contribution in [-0.2, 0) is 57.6 Å². The van der Waals surface area contributed by atoms with Crippen LogP contribution in [0.2, 0.25) is 0 Å². The van der Waals surface area contributed by atoms with Gasteiger partial charge in [-0.25, -0.2) is 0 Å². The van der Waals surface area contributed by atoms with Gasteiger partial charge in [0, 0.05) is 48.9 Å². The van der Waals surface area contributed by atoms with Crippen LogP contribution in [0.25, 0.3) is 10.1 Å². The van der Waals surface area contributed by atoms with Crippen molar-refractivity contribution >= 4 is 74.6 Å². The number of thiophene rings is 1. The molecular weight excluding hydrogens is 989 g/mol. The number of carbonyl (C=O) groups excluding carboxylic acids is 8. The van der Waals surface area contributed by atoms with Crippen molar-refractivity contribution in [2.75, 3.05) is 19.6 Å². The van der Waals surface area contributed by atoms with Crippen LogP contribution in [-0.4, -0.2) is 120 Å². The van der Waals surface area contributed by atoms with Crippen molar-refractivity contribution in [2.24, 2.45) is 33.8 Å². The van der Waals surface area contributed by atoms with Gasteiger partial charge in [0.05, 0.1) is 0 Å². The van der Waals surface area contributed by atoms with Crippen molar-refractivity contribution < 1.29 is 38.4 Å². The minimum absolute atomic E-state index is 0.0439. The first-order valence-corrected chi connectivity index (χ1v) is 27.1. The Hall–Kier alpha value is -7.39. The molecule has 1 aliphatic heterocycles. The van der Waals surface area contributed by atoms with Crippen LogP contribution in [0.3, 0.4) is 0 Å². The fraction of sp³-hybridized carbons (Fsp3) is 0.473. The van der Waals surface area contributed by atoms with Gasteiger partial charge in [0.15, 0.2) is 5.96 Å². The summed E-state index contributed by atoms with van der Waals surface area (Å²) in [5.41, 5.74) is 24.1. The largest absolute Gasteiger partial charge is 0.370 e. The van der Waals surface area contributed by atoms with E-state index in [-0.39, 0.29) is 76.5 Å². The molecule has 2 fully saturated rings. The van der Waals surface area contributed by atoms with E-state index in [0.29, 0.717) is 18.4 Å². The first-order chi connectivity index (χ1) is 36.6. The number of nitrogens with zero attached hydrogens (tertiary/aromatic N) is 2. The molecule has 3 aromatic carbocycles. The first kappa shape index (κ1) is 57.9. The third kappa shape index (κ3) is 17.6. The molecule has 1 aliphatic carbocycles. The van der Waals surface area contributed by atoms with Crippen LogP contribution >= 0.6 is 11.3 Å². The zero-order valence-electron chi connectivity index (χ0n) is 43.2. The number of benzene rings is 3. The number of hydrogen-bond acceptors (Lipinski definition) is 11. The number of fused-ring (bicyclic) bond motifs is 1. The Morgan fingerprint density at radius 2 is 1.17 bits per heavy atom. The fourth-order valence-corrected chi connectivity index (χ4v) is 10.9. The van der Waals surface area contributed by atoms with Gasteiger partial charge in [-0.05, 0) is 79.6 Å². The van der Waals surface area contributed by atoms with Gasteiger partial charge in [0.2, 0.25) is 47.3 Å². The van der Waals surface area contributed by atoms with Crippen LogP contribution in [0.5, 0.6) is 0 Å². The lowest BCUT2D eigenvalue weighted by Gasteiger charge is -2.42. The molecule has 408 valence electrons. The minimum Gasteiger partial charge on any atom is -0.370 e. The number of primary amides is 1. The third-order valence-corrected chi connectivity index (χ3v) is 15.0. The summed E-state index contributed by atoms with van der Waals surface area (Å²) in [5, 5.41) is 17.9. The summed E-state index contributed by atoms with van der Waals surface area (Å²) in [4.78, 5) is 117. The lowest BCUT2D eigenvalue weighted by Crippen LogP contribution is -2.65. The number of guanidine groups is 1. The molecular formula is C55H74N12O8S. The highest BCUT2D eigenvalue weighted by atomic mass is 32.1. The quantitative estimate of drug-likeness (QED) is 0.0222. The molecule has 0 unspecified atom stereocenters. The SMILES string of the molecule is CC(=O)N[C@@H](CCCN=C(N)N)C(=O)N[C@@H](Cc1ccccc1)C(=O)N[C@@H](CCCN)C(=O)N1CC[C@H]1C(=O)N[C@H](CC1CCCCC1)C(=O)N[C@@H](Cc1cc2ccccc2s1)C(=O)N[C@@H](Cc1ccccc1)C(N)=O. The Labute approximate surface area is 447 Å². The van der Waals surface area contributed by atoms with Crippen molar-refractivity contribution in [3.63, 3.8) is 0 Å². The fourth-order valence-electron chi connectivity index (χ4n) is 9.75. The Bertz CT molecular complexity index is 2610. The number of likely N-dealkylation sites (tertiary alicyclic amines) is 1. The van der Waals surface area contributed by atoms with Crippen LogP contribution < -0.4 is 54.8 Å². The molecule has 1 saturated carbocycles. The van der Waals surface area contributed by atoms with E-state index < -0.39 is 89.6 Å². The average molecular weight is 1060 g/mol. The predicted octanol–water partition coefficient (Wildman–Crippen LogP) is 1.71. The Balaban J connectivity index is 1.19. The Kier molecular flexibility index (Phi) is 22.1. The molecule has 21 heteroatoms. The summed E-state index contributed by atoms with van der Waals surface area (Å²) >= 11 is 1.48. The molecule has 6 rings (SSSR count). The molecule has 1 aromatic heterocycles. The van der Waals surface area contributed by atoms with Crippen molar-refractivity contribution in [3.05, 3.63) is 107 Å². The van der Waals surface area contributed by atoms with E-state index in [0.717, 1.165) is 52.6 Å². The maximum Gasteiger partial charge on any atom is 0.245 e. The number of nitrogens with two attached hydrogens (primary N) is 4. The van der Waals surface area contributed by atoms with E-state index in [1.165, 1.54) is 23.2 Å². The Morgan fingerprint density at radius 1 is 0.618 bits per heavy atom. The van der Waals surface area contributed by atoms with Crippen molar-refractivity contribution in [3.8, 4) is 0 Å². The van der Waals surface area contributed by atoms with Gasteiger partial charge in [-0.2, -0.15) is 0 Å². The van der Waals surface area contributed by atoms with Gasteiger partial charge >= 0.3 is 0 Å². The Morgan fingerprint density at radius 3 is 1.75 bits per heavy atom. The monoisotopic (exact) mass is 1060 g/mol. The second kappa shape index (κ2) is 29.1. The molecule has 0 bridgehead atoms. The van der Waals surface area contributed by atoms with Gasteiger partial charge in [0.25, 0.3) is 0 Å². The molecule has 14 N–H and O–H groups in total. The summed E-state index contributed by atoms with van der Waals surface area (Å²) in [5.74, 6) is -4.84. The highest BCUT2D eigenvalue weighted by Gasteiger charge is 2.43. The maximum atomic E-state index is 14.7. The molecule has 2 aliphatic rings. The van der Waals surface area contributed by atoms with Crippen LogP contribution in [0.4, 0.5) is 0 Å². The molecule has 7 atom stereocenters. The van der Waals surface area contributed by atoms with Crippen molar-refractivity contribution in [2.45, 2.75) is 139 Å². The first-order valence-electron chi connectivity index (χ1n) is 26.3. The standard InChI is InChI=1S/C55H74N12O8S/c1-34(68)61-40(23-14-27-60-55(58)59)49(70)64-43(30-36-17-7-3-8-18-36)50(71)62-41(22-13-26-56)54(75)67-28-25-46(67)53(74)66-44(31-37-19-9-4-10-20-37)51(72)65-45(33-39-32-38-21-11-12-24-47(38)76-39)52(73)63-42(48(57)69)29-35-15-5-2-6-16-35/h2-3,5-8,11-12,15-18,21,24,32,37,40-46H,4,9-10,13-14,19-20,22-23,25-31,33,56H2,1H3,(H2,57,69)(H,61,68)(H,62,71)(H,63,73)(H,64,70)(H,65,72)(H,66,74)(H4,58,59,60)/t40-,41-,42-,43-,44+,45-,46-/m0/s1. The lowest BCUT2D eigenvalue weighted by atomic mass is 9.84. The molecule has 2 heterocycles. The summed E-state index contributed by atoms with van der Waals surface area (Å²) in [7, 11) is 0. The van der Waals surface area contributed by atoms with Gasteiger partial charge in [-0.1, -0.05) is 111 Å².